The molecule has 0 aliphatic carbocycles. The molecular weight excluding hydrogens is 330 g/mol. The zero-order chi connectivity index (χ0) is 14.1. The zero-order valence-electron chi connectivity index (χ0n) is 9.78. The number of nitrogens with zero attached hydrogens (tertiary/aromatic N) is 4. The summed E-state index contributed by atoms with van der Waals surface area (Å²) in [5.41, 5.74) is 0.748. The normalized spacial score (nSPS) is 10.7. The predicted octanol–water partition coefficient (Wildman–Crippen LogP) is 3.03. The number of pyridine rings is 1. The maximum atomic E-state index is 10.9. The van der Waals surface area contributed by atoms with E-state index < -0.39 is 4.92 Å². The first kappa shape index (κ1) is 12.5. The number of halogens is 1. The molecule has 0 saturated carbocycles. The van der Waals surface area contributed by atoms with Gasteiger partial charge in [0.1, 0.15) is 5.82 Å². The second-order valence-corrected chi connectivity index (χ2v) is 4.75. The summed E-state index contributed by atoms with van der Waals surface area (Å²) in [6, 6.07) is 6.45. The molecule has 0 spiro atoms. The van der Waals surface area contributed by atoms with Crippen molar-refractivity contribution in [3.05, 3.63) is 45.0 Å². The number of non-ortho nitro benzene ring substituents is 1. The summed E-state index contributed by atoms with van der Waals surface area (Å²) in [5, 5.41) is 21.1. The fourth-order valence-corrected chi connectivity index (χ4v) is 1.92. The Balaban J connectivity index is 2.04. The Morgan fingerprint density at radius 1 is 1.20 bits per heavy atom. The molecule has 1 N–H and O–H groups in total. The van der Waals surface area contributed by atoms with Crippen LogP contribution in [0.5, 0.6) is 0 Å². The van der Waals surface area contributed by atoms with Crippen molar-refractivity contribution >= 4 is 44.2 Å². The first-order valence-corrected chi connectivity index (χ1v) is 6.22. The molecule has 0 aliphatic heterocycles. The van der Waals surface area contributed by atoms with Gasteiger partial charge in [-0.25, -0.2) is 9.61 Å². The second kappa shape index (κ2) is 4.85. The van der Waals surface area contributed by atoms with E-state index in [0.717, 1.165) is 4.47 Å². The van der Waals surface area contributed by atoms with Gasteiger partial charge in [-0.05, 0) is 44.4 Å². The Bertz CT molecular complexity index is 786. The quantitative estimate of drug-likeness (QED) is 0.578. The van der Waals surface area contributed by atoms with Crippen LogP contribution in [0.1, 0.15) is 0 Å². The molecule has 2 aromatic heterocycles. The molecule has 8 nitrogen and oxygen atoms in total. The summed E-state index contributed by atoms with van der Waals surface area (Å²) in [5.74, 6) is 0.575. The van der Waals surface area contributed by atoms with E-state index in [0.29, 0.717) is 11.5 Å². The van der Waals surface area contributed by atoms with Gasteiger partial charge in [0, 0.05) is 16.7 Å². The van der Waals surface area contributed by atoms with E-state index in [2.05, 4.69) is 41.2 Å². The zero-order valence-corrected chi connectivity index (χ0v) is 11.4. The molecule has 100 valence electrons. The maximum absolute atomic E-state index is 10.9. The van der Waals surface area contributed by atoms with E-state index in [1.807, 2.05) is 6.07 Å². The molecule has 9 heteroatoms. The molecular formula is C11H6BrN5O3. The lowest BCUT2D eigenvalue weighted by Gasteiger charge is -2.05. The molecule has 3 rings (SSSR count). The first-order valence-electron chi connectivity index (χ1n) is 5.43. The first-order chi connectivity index (χ1) is 9.65. The summed E-state index contributed by atoms with van der Waals surface area (Å²) < 4.78 is 5.43. The number of nitro groups is 1. The molecule has 3 aromatic rings. The minimum absolute atomic E-state index is 0.0945. The van der Waals surface area contributed by atoms with E-state index in [-0.39, 0.29) is 16.7 Å². The van der Waals surface area contributed by atoms with Crippen LogP contribution in [0.25, 0.3) is 11.0 Å². The van der Waals surface area contributed by atoms with E-state index in [1.54, 1.807) is 12.3 Å². The smallest absolute Gasteiger partial charge is 0.300 e. The summed E-state index contributed by atoms with van der Waals surface area (Å²) in [6.45, 7) is 0. The second-order valence-electron chi connectivity index (χ2n) is 3.84. The molecule has 0 amide bonds. The van der Waals surface area contributed by atoms with Gasteiger partial charge >= 0.3 is 5.69 Å². The van der Waals surface area contributed by atoms with Crippen LogP contribution < -0.4 is 5.32 Å². The van der Waals surface area contributed by atoms with Crippen molar-refractivity contribution in [3.63, 3.8) is 0 Å². The molecule has 0 unspecified atom stereocenters. The van der Waals surface area contributed by atoms with Crippen LogP contribution in [0.3, 0.4) is 0 Å². The maximum Gasteiger partial charge on any atom is 0.300 e. The SMILES string of the molecule is O=[N+]([O-])c1ccc(Nc2ccc(Br)cn2)c2nonc12. The van der Waals surface area contributed by atoms with Crippen LogP contribution in [0, 0.1) is 10.1 Å². The fourth-order valence-electron chi connectivity index (χ4n) is 1.69. The van der Waals surface area contributed by atoms with Gasteiger partial charge in [-0.1, -0.05) is 0 Å². The highest BCUT2D eigenvalue weighted by Gasteiger charge is 2.19. The summed E-state index contributed by atoms with van der Waals surface area (Å²) in [7, 11) is 0. The van der Waals surface area contributed by atoms with Crippen LogP contribution in [0.4, 0.5) is 17.2 Å². The number of anilines is 2. The van der Waals surface area contributed by atoms with E-state index in [4.69, 9.17) is 0 Å². The number of aromatic nitrogens is 3. The van der Waals surface area contributed by atoms with Gasteiger partial charge < -0.3 is 5.32 Å². The van der Waals surface area contributed by atoms with Gasteiger partial charge in [0.05, 0.1) is 10.6 Å². The number of hydrogen-bond acceptors (Lipinski definition) is 7. The van der Waals surface area contributed by atoms with Crippen LogP contribution in [0.15, 0.2) is 39.6 Å². The number of hydrogen-bond donors (Lipinski definition) is 1. The molecule has 0 fully saturated rings. The van der Waals surface area contributed by atoms with Crippen molar-refractivity contribution in [2.75, 3.05) is 5.32 Å². The Morgan fingerprint density at radius 2 is 2.00 bits per heavy atom. The Kier molecular flexibility index (Phi) is 3.03. The topological polar surface area (TPSA) is 107 Å². The minimum Gasteiger partial charge on any atom is -0.338 e. The lowest BCUT2D eigenvalue weighted by molar-refractivity contribution is -0.383. The lowest BCUT2D eigenvalue weighted by atomic mass is 10.2. The standard InChI is InChI=1S/C11H6BrN5O3/c12-6-1-4-9(13-5-6)14-7-2-3-8(17(18)19)11-10(7)15-20-16-11/h1-5H,(H,13,14). The number of benzene rings is 1. The molecule has 0 bridgehead atoms. The van der Waals surface area contributed by atoms with Gasteiger partial charge in [0.2, 0.25) is 5.52 Å². The molecule has 0 saturated heterocycles. The number of nitro benzene ring substituents is 1. The summed E-state index contributed by atoms with van der Waals surface area (Å²) >= 11 is 3.29. The molecule has 0 aliphatic rings. The third-order valence-corrected chi connectivity index (χ3v) is 3.05. The molecule has 2 heterocycles. The van der Waals surface area contributed by atoms with Gasteiger partial charge in [-0.15, -0.1) is 0 Å². The highest BCUT2D eigenvalue weighted by molar-refractivity contribution is 9.10. The van der Waals surface area contributed by atoms with E-state index in [9.17, 15) is 10.1 Å². The van der Waals surface area contributed by atoms with Crippen LogP contribution in [-0.2, 0) is 0 Å². The van der Waals surface area contributed by atoms with Crippen molar-refractivity contribution in [1.82, 2.24) is 15.3 Å². The summed E-state index contributed by atoms with van der Waals surface area (Å²) in [6.07, 6.45) is 1.63. The van der Waals surface area contributed by atoms with Gasteiger partial charge in [-0.2, -0.15) is 0 Å². The third-order valence-electron chi connectivity index (χ3n) is 2.58. The Morgan fingerprint density at radius 3 is 2.70 bits per heavy atom. The number of nitrogens with one attached hydrogen (secondary N) is 1. The van der Waals surface area contributed by atoms with Crippen molar-refractivity contribution in [2.45, 2.75) is 0 Å². The van der Waals surface area contributed by atoms with Crippen molar-refractivity contribution < 1.29 is 9.55 Å². The van der Waals surface area contributed by atoms with Crippen LogP contribution in [0.2, 0.25) is 0 Å². The van der Waals surface area contributed by atoms with Crippen molar-refractivity contribution in [3.8, 4) is 0 Å². The highest BCUT2D eigenvalue weighted by atomic mass is 79.9. The Labute approximate surface area is 120 Å². The van der Waals surface area contributed by atoms with Crippen molar-refractivity contribution in [2.24, 2.45) is 0 Å². The Hall–Kier alpha value is -2.55. The van der Waals surface area contributed by atoms with Crippen LogP contribution >= 0.6 is 15.9 Å². The van der Waals surface area contributed by atoms with Gasteiger partial charge in [0.15, 0.2) is 5.52 Å². The largest absolute Gasteiger partial charge is 0.338 e. The monoisotopic (exact) mass is 335 g/mol. The van der Waals surface area contributed by atoms with Crippen LogP contribution in [-0.4, -0.2) is 20.2 Å². The highest BCUT2D eigenvalue weighted by Crippen LogP contribution is 2.30. The van der Waals surface area contributed by atoms with Gasteiger partial charge in [-0.3, -0.25) is 10.1 Å². The fraction of sp³-hybridized carbons (Fsp3) is 0. The summed E-state index contributed by atoms with van der Waals surface area (Å²) in [4.78, 5) is 14.5. The van der Waals surface area contributed by atoms with E-state index in [1.165, 1.54) is 12.1 Å². The molecule has 0 atom stereocenters. The number of rotatable bonds is 3. The van der Waals surface area contributed by atoms with Crippen molar-refractivity contribution in [1.29, 1.82) is 0 Å². The molecule has 0 radical (unpaired) electrons. The lowest BCUT2D eigenvalue weighted by Crippen LogP contribution is -1.96. The average molecular weight is 336 g/mol. The predicted molar refractivity (Wildman–Crippen MR) is 73.7 cm³/mol. The third kappa shape index (κ3) is 2.18. The number of fused-ring (bicyclic) bond motifs is 1. The van der Waals surface area contributed by atoms with Gasteiger partial charge in [0.25, 0.3) is 0 Å². The minimum atomic E-state index is -0.534. The van der Waals surface area contributed by atoms with E-state index >= 15 is 0 Å². The average Bonchev–Trinajstić information content (AvgIpc) is 2.91. The molecule has 1 aromatic carbocycles. The molecule has 20 heavy (non-hydrogen) atoms.